The van der Waals surface area contributed by atoms with E-state index in [-0.39, 0.29) is 30.2 Å². The number of likely N-dealkylation sites (N-methyl/N-ethyl adjacent to an activating group) is 2. The van der Waals surface area contributed by atoms with Gasteiger partial charge in [0, 0.05) is 18.8 Å². The number of nitrogens with zero attached hydrogens (tertiary/aromatic N) is 1. The van der Waals surface area contributed by atoms with Gasteiger partial charge < -0.3 is 11.1 Å². The number of halogens is 3. The molecule has 1 amide bonds. The van der Waals surface area contributed by atoms with Crippen molar-refractivity contribution in [2.45, 2.75) is 26.6 Å². The van der Waals surface area contributed by atoms with Gasteiger partial charge in [-0.15, -0.1) is 0 Å². The Labute approximate surface area is 122 Å². The normalized spacial score (nSPS) is 11.7. The van der Waals surface area contributed by atoms with Crippen LogP contribution < -0.4 is 11.1 Å². The van der Waals surface area contributed by atoms with E-state index in [9.17, 15) is 18.0 Å². The first kappa shape index (κ1) is 17.3. The van der Waals surface area contributed by atoms with Crippen LogP contribution in [0, 0.1) is 0 Å². The highest BCUT2D eigenvalue weighted by molar-refractivity contribution is 5.77. The molecule has 21 heavy (non-hydrogen) atoms. The van der Waals surface area contributed by atoms with Crippen LogP contribution in [0.1, 0.15) is 25.0 Å². The quantitative estimate of drug-likeness (QED) is 0.793. The highest BCUT2D eigenvalue weighted by Gasteiger charge is 2.33. The number of carbonyl (C=O) groups excluding carboxylic acids is 1. The number of hydrogen-bond acceptors (Lipinski definition) is 3. The monoisotopic (exact) mass is 303 g/mol. The molecule has 0 aliphatic rings. The van der Waals surface area contributed by atoms with Crippen molar-refractivity contribution in [1.29, 1.82) is 0 Å². The number of rotatable bonds is 6. The van der Waals surface area contributed by atoms with Crippen LogP contribution in [0.2, 0.25) is 0 Å². The van der Waals surface area contributed by atoms with Crippen molar-refractivity contribution in [3.63, 3.8) is 0 Å². The van der Waals surface area contributed by atoms with Crippen LogP contribution in [0.25, 0.3) is 0 Å². The van der Waals surface area contributed by atoms with Crippen LogP contribution in [0.4, 0.5) is 18.9 Å². The molecule has 0 bridgehead atoms. The third-order valence-electron chi connectivity index (χ3n) is 3.02. The zero-order valence-corrected chi connectivity index (χ0v) is 12.1. The summed E-state index contributed by atoms with van der Waals surface area (Å²) in [5, 5.41) is 2.63. The lowest BCUT2D eigenvalue weighted by Gasteiger charge is -2.22. The maximum absolute atomic E-state index is 13.0. The van der Waals surface area contributed by atoms with E-state index in [1.165, 1.54) is 12.1 Å². The Kier molecular flexibility index (Phi) is 6.02. The van der Waals surface area contributed by atoms with Crippen LogP contribution in [0.5, 0.6) is 0 Å². The Hall–Kier alpha value is -1.76. The van der Waals surface area contributed by atoms with Crippen LogP contribution in [0.15, 0.2) is 18.2 Å². The van der Waals surface area contributed by atoms with Gasteiger partial charge in [0.05, 0.1) is 12.1 Å². The molecule has 1 rings (SSSR count). The average Bonchev–Trinajstić information content (AvgIpc) is 2.39. The number of anilines is 1. The zero-order valence-electron chi connectivity index (χ0n) is 12.1. The van der Waals surface area contributed by atoms with Crippen molar-refractivity contribution in [1.82, 2.24) is 10.2 Å². The summed E-state index contributed by atoms with van der Waals surface area (Å²) >= 11 is 0. The van der Waals surface area contributed by atoms with Gasteiger partial charge in [0.1, 0.15) is 0 Å². The Morgan fingerprint density at radius 1 is 1.33 bits per heavy atom. The number of hydrogen-bond donors (Lipinski definition) is 2. The van der Waals surface area contributed by atoms with Gasteiger partial charge >= 0.3 is 6.18 Å². The molecule has 0 aliphatic heterocycles. The summed E-state index contributed by atoms with van der Waals surface area (Å²) in [5.74, 6) is -0.205. The first-order valence-electron chi connectivity index (χ1n) is 6.72. The van der Waals surface area contributed by atoms with Gasteiger partial charge in [-0.05, 0) is 31.2 Å². The van der Waals surface area contributed by atoms with Gasteiger partial charge in [0.25, 0.3) is 0 Å². The van der Waals surface area contributed by atoms with E-state index >= 15 is 0 Å². The summed E-state index contributed by atoms with van der Waals surface area (Å²) < 4.78 is 39.0. The number of carbonyl (C=O) groups is 1. The van der Waals surface area contributed by atoms with Crippen LogP contribution in [-0.4, -0.2) is 30.4 Å². The predicted octanol–water partition coefficient (Wildman–Crippen LogP) is 2.25. The van der Waals surface area contributed by atoms with Crippen molar-refractivity contribution in [3.05, 3.63) is 29.3 Å². The molecular weight excluding hydrogens is 283 g/mol. The second-order valence-corrected chi connectivity index (χ2v) is 4.67. The molecular formula is C14H20F3N3O. The minimum atomic E-state index is -4.46. The van der Waals surface area contributed by atoms with Crippen molar-refractivity contribution >= 4 is 11.6 Å². The smallest absolute Gasteiger partial charge is 0.399 e. The molecule has 0 atom stereocenters. The van der Waals surface area contributed by atoms with E-state index in [2.05, 4.69) is 5.32 Å². The third kappa shape index (κ3) is 5.26. The van der Waals surface area contributed by atoms with Crippen LogP contribution >= 0.6 is 0 Å². The number of nitrogens with one attached hydrogen (secondary N) is 1. The minimum absolute atomic E-state index is 0.0444. The minimum Gasteiger partial charge on any atom is -0.399 e. The van der Waals surface area contributed by atoms with Gasteiger partial charge in [0.2, 0.25) is 5.91 Å². The van der Waals surface area contributed by atoms with E-state index in [0.29, 0.717) is 13.1 Å². The number of nitrogen functional groups attached to an aromatic ring is 1. The summed E-state index contributed by atoms with van der Waals surface area (Å²) in [4.78, 5) is 13.2. The molecule has 0 unspecified atom stereocenters. The molecule has 0 spiro atoms. The Bertz CT molecular complexity index is 489. The second kappa shape index (κ2) is 7.31. The third-order valence-corrected chi connectivity index (χ3v) is 3.02. The zero-order chi connectivity index (χ0) is 16.0. The Morgan fingerprint density at radius 3 is 2.52 bits per heavy atom. The van der Waals surface area contributed by atoms with Gasteiger partial charge in [-0.2, -0.15) is 13.2 Å². The van der Waals surface area contributed by atoms with E-state index in [4.69, 9.17) is 5.73 Å². The molecule has 0 aliphatic carbocycles. The maximum Gasteiger partial charge on any atom is 0.416 e. The summed E-state index contributed by atoms with van der Waals surface area (Å²) in [5.41, 5.74) is 4.86. The molecule has 0 saturated carbocycles. The summed E-state index contributed by atoms with van der Waals surface area (Å²) in [6, 6.07) is 3.72. The molecule has 3 N–H and O–H groups in total. The predicted molar refractivity (Wildman–Crippen MR) is 75.5 cm³/mol. The molecule has 0 fully saturated rings. The number of nitrogens with two attached hydrogens (primary N) is 1. The SMILES string of the molecule is CCNC(=O)CN(CC)Cc1ccc(N)cc1C(F)(F)F. The number of benzene rings is 1. The molecule has 0 saturated heterocycles. The van der Waals surface area contributed by atoms with Crippen molar-refractivity contribution in [2.75, 3.05) is 25.4 Å². The molecule has 1 aromatic carbocycles. The standard InChI is InChI=1S/C14H20F3N3O/c1-3-19-13(21)9-20(4-2)8-10-5-6-11(18)7-12(10)14(15,16)17/h5-7H,3-4,8-9,18H2,1-2H3,(H,19,21). The largest absolute Gasteiger partial charge is 0.416 e. The first-order chi connectivity index (χ1) is 9.77. The van der Waals surface area contributed by atoms with Crippen molar-refractivity contribution in [3.8, 4) is 0 Å². The van der Waals surface area contributed by atoms with Gasteiger partial charge in [-0.3, -0.25) is 9.69 Å². The molecule has 1 aromatic rings. The fourth-order valence-corrected chi connectivity index (χ4v) is 1.97. The van der Waals surface area contributed by atoms with Crippen molar-refractivity contribution in [2.24, 2.45) is 0 Å². The van der Waals surface area contributed by atoms with E-state index in [0.717, 1.165) is 6.07 Å². The fraction of sp³-hybridized carbons (Fsp3) is 0.500. The van der Waals surface area contributed by atoms with Crippen LogP contribution in [-0.2, 0) is 17.5 Å². The van der Waals surface area contributed by atoms with Gasteiger partial charge in [0.15, 0.2) is 0 Å². The average molecular weight is 303 g/mol. The molecule has 118 valence electrons. The van der Waals surface area contributed by atoms with E-state index < -0.39 is 11.7 Å². The number of alkyl halides is 3. The Morgan fingerprint density at radius 2 is 2.00 bits per heavy atom. The maximum atomic E-state index is 13.0. The van der Waals surface area contributed by atoms with E-state index in [1.54, 1.807) is 18.7 Å². The molecule has 0 aromatic heterocycles. The lowest BCUT2D eigenvalue weighted by Crippen LogP contribution is -2.37. The lowest BCUT2D eigenvalue weighted by atomic mass is 10.1. The lowest BCUT2D eigenvalue weighted by molar-refractivity contribution is -0.138. The highest BCUT2D eigenvalue weighted by atomic mass is 19.4. The fourth-order valence-electron chi connectivity index (χ4n) is 1.97. The van der Waals surface area contributed by atoms with Gasteiger partial charge in [-0.1, -0.05) is 13.0 Å². The second-order valence-electron chi connectivity index (χ2n) is 4.67. The van der Waals surface area contributed by atoms with Crippen LogP contribution in [0.3, 0.4) is 0 Å². The summed E-state index contributed by atoms with van der Waals surface area (Å²) in [6.07, 6.45) is -4.46. The topological polar surface area (TPSA) is 58.4 Å². The summed E-state index contributed by atoms with van der Waals surface area (Å²) in [6.45, 7) is 4.65. The first-order valence-corrected chi connectivity index (χ1v) is 6.72. The Balaban J connectivity index is 2.92. The molecule has 4 nitrogen and oxygen atoms in total. The molecule has 7 heteroatoms. The van der Waals surface area contributed by atoms with Crippen molar-refractivity contribution < 1.29 is 18.0 Å². The highest BCUT2D eigenvalue weighted by Crippen LogP contribution is 2.33. The molecule has 0 heterocycles. The van der Waals surface area contributed by atoms with E-state index in [1.807, 2.05) is 0 Å². The summed E-state index contributed by atoms with van der Waals surface area (Å²) in [7, 11) is 0. The molecule has 0 radical (unpaired) electrons. The van der Waals surface area contributed by atoms with Gasteiger partial charge in [-0.25, -0.2) is 0 Å². The number of amides is 1.